The highest BCUT2D eigenvalue weighted by molar-refractivity contribution is 5.51. The van der Waals surface area contributed by atoms with Crippen LogP contribution in [0.4, 0.5) is 0 Å². The van der Waals surface area contributed by atoms with Crippen molar-refractivity contribution in [1.29, 1.82) is 0 Å². The minimum Gasteiger partial charge on any atom is -0.508 e. The Kier molecular flexibility index (Phi) is 14.0. The van der Waals surface area contributed by atoms with Gasteiger partial charge in [-0.2, -0.15) is 0 Å². The van der Waals surface area contributed by atoms with Crippen molar-refractivity contribution in [3.8, 4) is 11.5 Å². The molecule has 0 spiro atoms. The molecule has 3 heteroatoms. The van der Waals surface area contributed by atoms with Crippen LogP contribution in [-0.4, -0.2) is 20.9 Å². The van der Waals surface area contributed by atoms with Crippen LogP contribution in [0, 0.1) is 13.8 Å². The van der Waals surface area contributed by atoms with Crippen LogP contribution in [0.15, 0.2) is 6.07 Å². The lowest BCUT2D eigenvalue weighted by molar-refractivity contribution is 0.0394. The van der Waals surface area contributed by atoms with E-state index in [9.17, 15) is 15.3 Å². The van der Waals surface area contributed by atoms with E-state index in [0.29, 0.717) is 12.8 Å². The fourth-order valence-corrected chi connectivity index (χ4v) is 4.37. The van der Waals surface area contributed by atoms with Gasteiger partial charge in [-0.1, -0.05) is 96.8 Å². The molecule has 0 aliphatic rings. The third-order valence-corrected chi connectivity index (χ3v) is 6.92. The monoisotopic (exact) mass is 434 g/mol. The molecule has 31 heavy (non-hydrogen) atoms. The molecule has 180 valence electrons. The standard InChI is InChI=1S/C28H50O3/c1-5-6-7-8-9-10-11-12-13-14-15-16-17-18-20-28(4,31)21-19-25-22-26(29)23(2)24(3)27(25)30/h22,29-31H,5-21H2,1-4H3. The van der Waals surface area contributed by atoms with Crippen molar-refractivity contribution in [3.63, 3.8) is 0 Å². The van der Waals surface area contributed by atoms with E-state index in [1.165, 1.54) is 83.5 Å². The molecule has 0 fully saturated rings. The lowest BCUT2D eigenvalue weighted by atomic mass is 9.90. The van der Waals surface area contributed by atoms with Gasteiger partial charge in [-0.25, -0.2) is 0 Å². The van der Waals surface area contributed by atoms with Gasteiger partial charge in [0.25, 0.3) is 0 Å². The topological polar surface area (TPSA) is 60.7 Å². The Morgan fingerprint density at radius 1 is 0.677 bits per heavy atom. The summed E-state index contributed by atoms with van der Waals surface area (Å²) in [5.41, 5.74) is 1.44. The molecule has 1 unspecified atom stereocenters. The van der Waals surface area contributed by atoms with Crippen molar-refractivity contribution in [2.45, 2.75) is 142 Å². The predicted octanol–water partition coefficient (Wildman–Crippen LogP) is 8.27. The van der Waals surface area contributed by atoms with Crippen molar-refractivity contribution in [2.24, 2.45) is 0 Å². The largest absolute Gasteiger partial charge is 0.508 e. The average molecular weight is 435 g/mol. The number of hydrogen-bond donors (Lipinski definition) is 3. The first kappa shape index (κ1) is 27.8. The van der Waals surface area contributed by atoms with Crippen LogP contribution in [-0.2, 0) is 6.42 Å². The first-order chi connectivity index (χ1) is 14.8. The Labute approximate surface area is 192 Å². The molecule has 0 amide bonds. The number of benzene rings is 1. The summed E-state index contributed by atoms with van der Waals surface area (Å²) in [6, 6.07) is 1.64. The maximum Gasteiger partial charge on any atom is 0.122 e. The maximum absolute atomic E-state index is 10.7. The number of unbranched alkanes of at least 4 members (excludes halogenated alkanes) is 13. The molecule has 0 heterocycles. The summed E-state index contributed by atoms with van der Waals surface area (Å²) in [5.74, 6) is 0.472. The Bertz CT molecular complexity index is 607. The summed E-state index contributed by atoms with van der Waals surface area (Å²) in [4.78, 5) is 0. The molecule has 1 rings (SSSR count). The number of aromatic hydroxyl groups is 2. The third-order valence-electron chi connectivity index (χ3n) is 6.92. The predicted molar refractivity (Wildman–Crippen MR) is 133 cm³/mol. The van der Waals surface area contributed by atoms with E-state index in [-0.39, 0.29) is 11.5 Å². The van der Waals surface area contributed by atoms with Gasteiger partial charge < -0.3 is 15.3 Å². The smallest absolute Gasteiger partial charge is 0.122 e. The molecule has 0 aliphatic heterocycles. The second-order valence-corrected chi connectivity index (χ2v) is 10.00. The maximum atomic E-state index is 10.7. The normalized spacial score (nSPS) is 13.5. The molecular weight excluding hydrogens is 384 g/mol. The number of phenolic OH excluding ortho intramolecular Hbond substituents is 2. The lowest BCUT2D eigenvalue weighted by Crippen LogP contribution is -2.24. The van der Waals surface area contributed by atoms with Crippen molar-refractivity contribution in [3.05, 3.63) is 22.8 Å². The zero-order chi connectivity index (χ0) is 23.1. The van der Waals surface area contributed by atoms with Crippen LogP contribution in [0.1, 0.15) is 133 Å². The first-order valence-electron chi connectivity index (χ1n) is 13.0. The summed E-state index contributed by atoms with van der Waals surface area (Å²) >= 11 is 0. The molecule has 3 nitrogen and oxygen atoms in total. The van der Waals surface area contributed by atoms with Gasteiger partial charge in [0.05, 0.1) is 5.60 Å². The van der Waals surface area contributed by atoms with Crippen LogP contribution < -0.4 is 0 Å². The van der Waals surface area contributed by atoms with Crippen molar-refractivity contribution in [1.82, 2.24) is 0 Å². The van der Waals surface area contributed by atoms with E-state index in [2.05, 4.69) is 6.92 Å². The molecule has 0 saturated carbocycles. The number of aliphatic hydroxyl groups is 1. The van der Waals surface area contributed by atoms with Gasteiger partial charge >= 0.3 is 0 Å². The number of phenols is 2. The van der Waals surface area contributed by atoms with Gasteiger partial charge in [-0.3, -0.25) is 0 Å². The molecule has 1 aromatic carbocycles. The van der Waals surface area contributed by atoms with E-state index in [4.69, 9.17) is 0 Å². The second-order valence-electron chi connectivity index (χ2n) is 10.00. The van der Waals surface area contributed by atoms with Crippen LogP contribution in [0.5, 0.6) is 11.5 Å². The molecule has 3 N–H and O–H groups in total. The number of aryl methyl sites for hydroxylation is 1. The molecule has 0 aromatic heterocycles. The second kappa shape index (κ2) is 15.6. The van der Waals surface area contributed by atoms with Gasteiger partial charge in [-0.05, 0) is 62.8 Å². The zero-order valence-corrected chi connectivity index (χ0v) is 20.9. The first-order valence-corrected chi connectivity index (χ1v) is 13.0. The fraction of sp³-hybridized carbons (Fsp3) is 0.786. The molecule has 1 aromatic rings. The number of hydrogen-bond acceptors (Lipinski definition) is 3. The lowest BCUT2D eigenvalue weighted by Gasteiger charge is -2.24. The van der Waals surface area contributed by atoms with Crippen LogP contribution >= 0.6 is 0 Å². The van der Waals surface area contributed by atoms with Crippen LogP contribution in [0.2, 0.25) is 0 Å². The fourth-order valence-electron chi connectivity index (χ4n) is 4.37. The van der Waals surface area contributed by atoms with Gasteiger partial charge in [0.15, 0.2) is 0 Å². The van der Waals surface area contributed by atoms with E-state index in [1.807, 2.05) is 13.8 Å². The summed E-state index contributed by atoms with van der Waals surface area (Å²) in [6.07, 6.45) is 20.7. The molecule has 0 bridgehead atoms. The van der Waals surface area contributed by atoms with Gasteiger partial charge in [0, 0.05) is 0 Å². The van der Waals surface area contributed by atoms with E-state index >= 15 is 0 Å². The van der Waals surface area contributed by atoms with Gasteiger partial charge in [0.1, 0.15) is 11.5 Å². The summed E-state index contributed by atoms with van der Waals surface area (Å²) in [6.45, 7) is 7.79. The highest BCUT2D eigenvalue weighted by Crippen LogP contribution is 2.34. The van der Waals surface area contributed by atoms with Crippen LogP contribution in [0.25, 0.3) is 0 Å². The molecular formula is C28H50O3. The Morgan fingerprint density at radius 2 is 1.13 bits per heavy atom. The summed E-state index contributed by atoms with van der Waals surface area (Å²) in [7, 11) is 0. The van der Waals surface area contributed by atoms with Gasteiger partial charge in [0.2, 0.25) is 0 Å². The molecule has 1 atom stereocenters. The summed E-state index contributed by atoms with van der Waals surface area (Å²) < 4.78 is 0. The highest BCUT2D eigenvalue weighted by Gasteiger charge is 2.21. The highest BCUT2D eigenvalue weighted by atomic mass is 16.3. The van der Waals surface area contributed by atoms with Crippen molar-refractivity contribution >= 4 is 0 Å². The van der Waals surface area contributed by atoms with Crippen molar-refractivity contribution < 1.29 is 15.3 Å². The average Bonchev–Trinajstić information content (AvgIpc) is 2.74. The van der Waals surface area contributed by atoms with E-state index in [0.717, 1.165) is 29.5 Å². The van der Waals surface area contributed by atoms with Gasteiger partial charge in [-0.15, -0.1) is 0 Å². The third kappa shape index (κ3) is 11.8. The minimum absolute atomic E-state index is 0.219. The summed E-state index contributed by atoms with van der Waals surface area (Å²) in [5, 5.41) is 31.0. The Hall–Kier alpha value is -1.22. The van der Waals surface area contributed by atoms with Crippen molar-refractivity contribution in [2.75, 3.05) is 0 Å². The zero-order valence-electron chi connectivity index (χ0n) is 20.9. The van der Waals surface area contributed by atoms with Crippen LogP contribution in [0.3, 0.4) is 0 Å². The molecule has 0 aliphatic carbocycles. The molecule has 0 radical (unpaired) electrons. The minimum atomic E-state index is -0.724. The van der Waals surface area contributed by atoms with E-state index in [1.54, 1.807) is 13.0 Å². The SMILES string of the molecule is CCCCCCCCCCCCCCCCC(C)(O)CCc1cc(O)c(C)c(C)c1O. The molecule has 0 saturated heterocycles. The quantitative estimate of drug-likeness (QED) is 0.161. The number of rotatable bonds is 18. The Balaban J connectivity index is 2.07. The Morgan fingerprint density at radius 3 is 1.61 bits per heavy atom. The van der Waals surface area contributed by atoms with E-state index < -0.39 is 5.60 Å².